The maximum absolute atomic E-state index is 15.0. The van der Waals surface area contributed by atoms with Gasteiger partial charge in [-0.05, 0) is 50.6 Å². The van der Waals surface area contributed by atoms with Crippen molar-refractivity contribution in [1.29, 1.82) is 0 Å². The van der Waals surface area contributed by atoms with E-state index in [4.69, 9.17) is 11.6 Å². The van der Waals surface area contributed by atoms with Crippen molar-refractivity contribution in [2.24, 2.45) is 5.92 Å². The van der Waals surface area contributed by atoms with Crippen LogP contribution in [0.15, 0.2) is 42.5 Å². The van der Waals surface area contributed by atoms with E-state index in [1.807, 2.05) is 24.3 Å². The molecule has 206 valence electrons. The molecule has 0 spiro atoms. The number of hydrazine groups is 1. The average Bonchev–Trinajstić information content (AvgIpc) is 3.36. The second-order valence-corrected chi connectivity index (χ2v) is 10.6. The molecule has 2 fully saturated rings. The van der Waals surface area contributed by atoms with Crippen LogP contribution in [0.25, 0.3) is 0 Å². The van der Waals surface area contributed by atoms with E-state index in [-0.39, 0.29) is 30.3 Å². The van der Waals surface area contributed by atoms with Gasteiger partial charge in [0.1, 0.15) is 16.7 Å². The number of hydrogen-bond donors (Lipinski definition) is 1. The van der Waals surface area contributed by atoms with Crippen molar-refractivity contribution in [2.75, 3.05) is 25.2 Å². The number of benzene rings is 2. The summed E-state index contributed by atoms with van der Waals surface area (Å²) >= 11 is 6.05. The van der Waals surface area contributed by atoms with E-state index in [0.29, 0.717) is 54.8 Å². The predicted molar refractivity (Wildman–Crippen MR) is 138 cm³/mol. The van der Waals surface area contributed by atoms with Crippen LogP contribution in [-0.4, -0.2) is 56.2 Å². The monoisotopic (exact) mass is 560 g/mol. The van der Waals surface area contributed by atoms with Gasteiger partial charge in [0.25, 0.3) is 5.91 Å². The number of halogens is 3. The summed E-state index contributed by atoms with van der Waals surface area (Å²) in [6, 6.07) is 11.4. The van der Waals surface area contributed by atoms with Crippen LogP contribution in [0.4, 0.5) is 8.78 Å². The summed E-state index contributed by atoms with van der Waals surface area (Å²) in [6.45, 7) is 5.31. The molecule has 5 rings (SSSR count). The Morgan fingerprint density at radius 2 is 1.95 bits per heavy atom. The third-order valence-electron chi connectivity index (χ3n) is 7.80. The Hall–Kier alpha value is -3.64. The molecule has 13 heteroatoms. The number of aromatic nitrogens is 3. The number of rotatable bonds is 7. The van der Waals surface area contributed by atoms with Gasteiger partial charge < -0.3 is 15.0 Å². The van der Waals surface area contributed by atoms with Crippen LogP contribution in [-0.2, 0) is 17.9 Å². The summed E-state index contributed by atoms with van der Waals surface area (Å²) < 4.78 is 31.3. The van der Waals surface area contributed by atoms with E-state index < -0.39 is 16.7 Å². The molecule has 0 aliphatic carbocycles. The zero-order valence-corrected chi connectivity index (χ0v) is 22.3. The molecule has 1 aromatic heterocycles. The molecule has 2 aromatic carbocycles. The molecule has 2 saturated heterocycles. The number of amides is 1. The topological polar surface area (TPSA) is 100 Å². The smallest absolute Gasteiger partial charge is 0.339 e. The predicted octanol–water partition coefficient (Wildman–Crippen LogP) is 2.97. The van der Waals surface area contributed by atoms with Crippen molar-refractivity contribution in [3.63, 3.8) is 0 Å². The molecular formula is C26H29ClF2N7O3+. The first kappa shape index (κ1) is 26.9. The summed E-state index contributed by atoms with van der Waals surface area (Å²) in [5.74, 6) is -0.916. The van der Waals surface area contributed by atoms with E-state index in [1.54, 1.807) is 18.7 Å². The number of carbonyl (C=O) groups is 1. The van der Waals surface area contributed by atoms with Crippen molar-refractivity contribution in [3.8, 4) is 0 Å². The quantitative estimate of drug-likeness (QED) is 0.271. The van der Waals surface area contributed by atoms with Crippen molar-refractivity contribution in [3.05, 3.63) is 92.0 Å². The highest BCUT2D eigenvalue weighted by atomic mass is 35.5. The van der Waals surface area contributed by atoms with Crippen LogP contribution in [0.3, 0.4) is 0 Å². The van der Waals surface area contributed by atoms with Gasteiger partial charge >= 0.3 is 11.6 Å². The van der Waals surface area contributed by atoms with Gasteiger partial charge in [0.05, 0.1) is 0 Å². The molecule has 3 aromatic rings. The highest BCUT2D eigenvalue weighted by Gasteiger charge is 2.47. The largest absolute Gasteiger partial charge is 0.373 e. The van der Waals surface area contributed by atoms with Crippen LogP contribution in [0.2, 0.25) is 5.02 Å². The fraction of sp³-hybridized carbons (Fsp3) is 0.423. The lowest BCUT2D eigenvalue weighted by Gasteiger charge is -2.39. The Morgan fingerprint density at radius 3 is 2.64 bits per heavy atom. The van der Waals surface area contributed by atoms with Crippen LogP contribution in [0, 0.1) is 41.5 Å². The Kier molecular flexibility index (Phi) is 7.50. The van der Waals surface area contributed by atoms with Crippen LogP contribution in [0.5, 0.6) is 0 Å². The van der Waals surface area contributed by atoms with Gasteiger partial charge in [-0.2, -0.15) is 0 Å². The van der Waals surface area contributed by atoms with Crippen molar-refractivity contribution in [1.82, 2.24) is 19.6 Å². The van der Waals surface area contributed by atoms with Gasteiger partial charge in [0.2, 0.25) is 6.54 Å². The number of carbonyl (C=O) groups excluding carboxylic acids is 1. The van der Waals surface area contributed by atoms with E-state index in [9.17, 15) is 23.7 Å². The second-order valence-electron chi connectivity index (χ2n) is 10.1. The first-order valence-corrected chi connectivity index (χ1v) is 13.1. The summed E-state index contributed by atoms with van der Waals surface area (Å²) in [7, 11) is 0. The Morgan fingerprint density at radius 1 is 1.21 bits per heavy atom. The number of likely N-dealkylation sites (tertiary alicyclic amines) is 2. The van der Waals surface area contributed by atoms with E-state index in [1.165, 1.54) is 21.5 Å². The standard InChI is InChI=1S/C26H29ClF2N7O3/c1-16-30-34(17(2)35(16)31-36(38)39)15-26(37)32-10-9-25-23(14-32)22(21-8-7-20(28)11-24(21)29)13-33(25)12-18-3-5-19(27)6-4-18/h3-8,11,22-23,25,31H,9-10,12-15H2,1-2H3/q+1/t22-,23-,25-/m1/s1. The van der Waals surface area contributed by atoms with E-state index in [2.05, 4.69) is 15.5 Å². The lowest BCUT2D eigenvalue weighted by atomic mass is 9.81. The average molecular weight is 561 g/mol. The van der Waals surface area contributed by atoms with Gasteiger partial charge in [0.15, 0.2) is 0 Å². The summed E-state index contributed by atoms with van der Waals surface area (Å²) in [6.07, 6.45) is 0.698. The van der Waals surface area contributed by atoms with Crippen LogP contribution >= 0.6 is 11.6 Å². The molecular weight excluding hydrogens is 532 g/mol. The third-order valence-corrected chi connectivity index (χ3v) is 8.06. The molecule has 1 N–H and O–H groups in total. The molecule has 0 radical (unpaired) electrons. The van der Waals surface area contributed by atoms with Crippen molar-refractivity contribution >= 4 is 17.5 Å². The van der Waals surface area contributed by atoms with E-state index >= 15 is 0 Å². The van der Waals surface area contributed by atoms with Crippen molar-refractivity contribution < 1.29 is 23.3 Å². The van der Waals surface area contributed by atoms with E-state index in [0.717, 1.165) is 11.6 Å². The van der Waals surface area contributed by atoms with Gasteiger partial charge in [-0.1, -0.05) is 29.8 Å². The first-order valence-electron chi connectivity index (χ1n) is 12.7. The first-order chi connectivity index (χ1) is 18.6. The second kappa shape index (κ2) is 10.9. The lowest BCUT2D eigenvalue weighted by Crippen LogP contribution is -2.52. The number of piperidine rings is 1. The van der Waals surface area contributed by atoms with Crippen LogP contribution in [0.1, 0.15) is 35.1 Å². The molecule has 0 saturated carbocycles. The number of aryl methyl sites for hydroxylation is 1. The number of hydrogen-bond acceptors (Lipinski definition) is 5. The van der Waals surface area contributed by atoms with Crippen LogP contribution < -0.4 is 10.2 Å². The SMILES string of the molecule is Cc1nn(CC(=O)N2CC[C@@H]3[C@H](C2)[C@@H](c2ccc(F)cc2F)CN3Cc2ccc(Cl)cc2)c(C)[n+]1N[N+](=O)[O-]. The molecule has 39 heavy (non-hydrogen) atoms. The number of nitrogens with one attached hydrogen (secondary N) is 1. The highest BCUT2D eigenvalue weighted by molar-refractivity contribution is 6.30. The number of nitro groups is 1. The summed E-state index contributed by atoms with van der Waals surface area (Å²) in [5.41, 5.74) is 3.59. The van der Waals surface area contributed by atoms with Gasteiger partial charge in [0, 0.05) is 74.0 Å². The molecule has 3 heterocycles. The summed E-state index contributed by atoms with van der Waals surface area (Å²) in [4.78, 5) is 28.3. The molecule has 2 aliphatic rings. The Balaban J connectivity index is 1.37. The molecule has 3 atom stereocenters. The zero-order chi connectivity index (χ0) is 27.8. The van der Waals surface area contributed by atoms with Gasteiger partial charge in [-0.15, -0.1) is 0 Å². The minimum atomic E-state index is -0.691. The normalized spacial score (nSPS) is 21.2. The lowest BCUT2D eigenvalue weighted by molar-refractivity contribution is -0.782. The maximum atomic E-state index is 15.0. The Labute approximate surface area is 228 Å². The minimum Gasteiger partial charge on any atom is -0.339 e. The molecule has 10 nitrogen and oxygen atoms in total. The van der Waals surface area contributed by atoms with Gasteiger partial charge in [-0.3, -0.25) is 9.69 Å². The zero-order valence-electron chi connectivity index (χ0n) is 21.6. The molecule has 1 amide bonds. The highest BCUT2D eigenvalue weighted by Crippen LogP contribution is 2.43. The maximum Gasteiger partial charge on any atom is 0.373 e. The molecule has 0 unspecified atom stereocenters. The number of nitrogens with zero attached hydrogens (tertiary/aromatic N) is 6. The minimum absolute atomic E-state index is 0.0588. The van der Waals surface area contributed by atoms with Gasteiger partial charge in [-0.25, -0.2) is 8.78 Å². The number of fused-ring (bicyclic) bond motifs is 1. The molecule has 0 bridgehead atoms. The summed E-state index contributed by atoms with van der Waals surface area (Å²) in [5, 5.41) is 15.1. The third kappa shape index (κ3) is 5.57. The Bertz CT molecular complexity index is 1400. The molecule has 2 aliphatic heterocycles. The fourth-order valence-electron chi connectivity index (χ4n) is 5.95. The van der Waals surface area contributed by atoms with Crippen molar-refractivity contribution in [2.45, 2.75) is 45.3 Å². The fourth-order valence-corrected chi connectivity index (χ4v) is 6.08.